The fraction of sp³-hybridized carbons (Fsp3) is 0.235. The van der Waals surface area contributed by atoms with Crippen molar-refractivity contribution >= 4 is 34.7 Å². The maximum Gasteiger partial charge on any atom is 0.167 e. The average Bonchev–Trinajstić information content (AvgIpc) is 2.44. The van der Waals surface area contributed by atoms with Gasteiger partial charge < -0.3 is 5.73 Å². The number of hydrogen-bond donors (Lipinski definition) is 1. The van der Waals surface area contributed by atoms with Crippen molar-refractivity contribution in [2.24, 2.45) is 0 Å². The van der Waals surface area contributed by atoms with E-state index in [4.69, 9.17) is 28.9 Å². The summed E-state index contributed by atoms with van der Waals surface area (Å²) in [6, 6.07) is 11.2. The molecule has 0 radical (unpaired) electrons. The molecule has 0 fully saturated rings. The number of halogens is 2. The van der Waals surface area contributed by atoms with Crippen LogP contribution in [0.15, 0.2) is 36.4 Å². The molecule has 0 unspecified atom stereocenters. The lowest BCUT2D eigenvalue weighted by Crippen LogP contribution is -2.05. The summed E-state index contributed by atoms with van der Waals surface area (Å²) in [6.45, 7) is 4.27. The summed E-state index contributed by atoms with van der Waals surface area (Å²) in [7, 11) is 0. The number of carbonyl (C=O) groups excluding carboxylic acids is 1. The average molecular weight is 322 g/mol. The van der Waals surface area contributed by atoms with Crippen LogP contribution < -0.4 is 5.73 Å². The third-order valence-electron chi connectivity index (χ3n) is 3.41. The zero-order chi connectivity index (χ0) is 15.6. The minimum Gasteiger partial charge on any atom is -0.396 e. The van der Waals surface area contributed by atoms with Gasteiger partial charge >= 0.3 is 0 Å². The Balaban J connectivity index is 2.18. The van der Waals surface area contributed by atoms with Gasteiger partial charge in [-0.1, -0.05) is 61.3 Å². The molecule has 0 heterocycles. The van der Waals surface area contributed by atoms with Gasteiger partial charge in [-0.3, -0.25) is 4.79 Å². The molecule has 2 aromatic rings. The van der Waals surface area contributed by atoms with E-state index < -0.39 is 0 Å². The monoisotopic (exact) mass is 321 g/mol. The van der Waals surface area contributed by atoms with Crippen molar-refractivity contribution in [1.82, 2.24) is 0 Å². The third kappa shape index (κ3) is 3.78. The number of Topliss-reactive ketones (excluding diaryl/α,β-unsaturated/α-hetero) is 1. The van der Waals surface area contributed by atoms with Crippen molar-refractivity contribution in [2.45, 2.75) is 26.2 Å². The quantitative estimate of drug-likeness (QED) is 0.627. The van der Waals surface area contributed by atoms with Crippen LogP contribution in [-0.4, -0.2) is 5.78 Å². The second kappa shape index (κ2) is 6.50. The van der Waals surface area contributed by atoms with Crippen molar-refractivity contribution in [3.8, 4) is 0 Å². The third-order valence-corrected chi connectivity index (χ3v) is 4.04. The predicted molar refractivity (Wildman–Crippen MR) is 89.4 cm³/mol. The van der Waals surface area contributed by atoms with E-state index in [1.54, 1.807) is 12.1 Å². The molecule has 110 valence electrons. The van der Waals surface area contributed by atoms with Crippen LogP contribution in [0.1, 0.15) is 41.3 Å². The van der Waals surface area contributed by atoms with Gasteiger partial charge in [0.15, 0.2) is 5.78 Å². The molecule has 2 N–H and O–H groups in total. The maximum atomic E-state index is 12.3. The highest BCUT2D eigenvalue weighted by Crippen LogP contribution is 2.29. The van der Waals surface area contributed by atoms with Crippen LogP contribution in [-0.2, 0) is 6.42 Å². The van der Waals surface area contributed by atoms with Crippen LogP contribution in [0, 0.1) is 0 Å². The topological polar surface area (TPSA) is 43.1 Å². The van der Waals surface area contributed by atoms with E-state index in [9.17, 15) is 4.79 Å². The van der Waals surface area contributed by atoms with Crippen LogP contribution in [0.2, 0.25) is 10.0 Å². The summed E-state index contributed by atoms with van der Waals surface area (Å²) < 4.78 is 0. The van der Waals surface area contributed by atoms with E-state index in [0.29, 0.717) is 33.6 Å². The Labute approximate surface area is 134 Å². The summed E-state index contributed by atoms with van der Waals surface area (Å²) in [6.07, 6.45) is 0.314. The maximum absolute atomic E-state index is 12.3. The lowest BCUT2D eigenvalue weighted by Gasteiger charge is -2.08. The zero-order valence-electron chi connectivity index (χ0n) is 12.0. The molecule has 0 aliphatic heterocycles. The molecule has 4 heteroatoms. The largest absolute Gasteiger partial charge is 0.396 e. The molecule has 21 heavy (non-hydrogen) atoms. The number of nitrogens with two attached hydrogens (primary N) is 1. The molecular weight excluding hydrogens is 305 g/mol. The first-order chi connectivity index (χ1) is 9.88. The number of anilines is 1. The van der Waals surface area contributed by atoms with Crippen molar-refractivity contribution in [1.29, 1.82) is 0 Å². The van der Waals surface area contributed by atoms with Gasteiger partial charge in [0, 0.05) is 12.0 Å². The molecule has 0 spiro atoms. The minimum absolute atomic E-state index is 0.0314. The smallest absolute Gasteiger partial charge is 0.167 e. The molecule has 0 bridgehead atoms. The molecule has 0 atom stereocenters. The molecule has 0 amide bonds. The summed E-state index contributed by atoms with van der Waals surface area (Å²) in [5.41, 5.74) is 8.67. The fourth-order valence-electron chi connectivity index (χ4n) is 2.05. The number of hydrogen-bond acceptors (Lipinski definition) is 2. The molecule has 0 aliphatic rings. The molecule has 2 nitrogen and oxygen atoms in total. The van der Waals surface area contributed by atoms with Crippen LogP contribution in [0.25, 0.3) is 0 Å². The standard InChI is InChI=1S/C17H17Cl2NO/c1-10(2)12-5-3-11(4-6-12)7-16(21)13-8-14(18)17(20)15(19)9-13/h3-6,8-10H,7,20H2,1-2H3. The van der Waals surface area contributed by atoms with E-state index in [0.717, 1.165) is 5.56 Å². The highest BCUT2D eigenvalue weighted by atomic mass is 35.5. The Kier molecular flexibility index (Phi) is 4.92. The summed E-state index contributed by atoms with van der Waals surface area (Å²) in [5, 5.41) is 0.613. The highest BCUT2D eigenvalue weighted by molar-refractivity contribution is 6.39. The van der Waals surface area contributed by atoms with Gasteiger partial charge in [0.2, 0.25) is 0 Å². The van der Waals surface area contributed by atoms with E-state index in [2.05, 4.69) is 26.0 Å². The van der Waals surface area contributed by atoms with Crippen LogP contribution >= 0.6 is 23.2 Å². The second-order valence-electron chi connectivity index (χ2n) is 5.35. The SMILES string of the molecule is CC(C)c1ccc(CC(=O)c2cc(Cl)c(N)c(Cl)c2)cc1. The Morgan fingerprint density at radius 2 is 1.62 bits per heavy atom. The minimum atomic E-state index is -0.0314. The van der Waals surface area contributed by atoms with Gasteiger partial charge in [0.1, 0.15) is 0 Å². The zero-order valence-corrected chi connectivity index (χ0v) is 13.5. The van der Waals surface area contributed by atoms with E-state index in [-0.39, 0.29) is 5.78 Å². The van der Waals surface area contributed by atoms with Crippen molar-refractivity contribution in [3.63, 3.8) is 0 Å². The van der Waals surface area contributed by atoms with Crippen molar-refractivity contribution in [2.75, 3.05) is 5.73 Å². The molecule has 0 aromatic heterocycles. The molecule has 0 saturated carbocycles. The Hall–Kier alpha value is -1.51. The molecule has 2 aromatic carbocycles. The number of carbonyl (C=O) groups is 1. The number of benzene rings is 2. The number of nitrogen functional groups attached to an aromatic ring is 1. The van der Waals surface area contributed by atoms with Crippen molar-refractivity contribution < 1.29 is 4.79 Å². The van der Waals surface area contributed by atoms with Gasteiger partial charge in [0.25, 0.3) is 0 Å². The van der Waals surface area contributed by atoms with Crippen molar-refractivity contribution in [3.05, 3.63) is 63.1 Å². The summed E-state index contributed by atoms with van der Waals surface area (Å²) >= 11 is 11.9. The Bertz CT molecular complexity index is 640. The molecule has 0 saturated heterocycles. The highest BCUT2D eigenvalue weighted by Gasteiger charge is 2.12. The molecule has 2 rings (SSSR count). The Morgan fingerprint density at radius 3 is 2.10 bits per heavy atom. The van der Waals surface area contributed by atoms with E-state index in [1.165, 1.54) is 5.56 Å². The van der Waals surface area contributed by atoms with E-state index >= 15 is 0 Å². The lowest BCUT2D eigenvalue weighted by atomic mass is 9.98. The fourth-order valence-corrected chi connectivity index (χ4v) is 2.54. The lowest BCUT2D eigenvalue weighted by molar-refractivity contribution is 0.0993. The molecular formula is C17H17Cl2NO. The van der Waals surface area contributed by atoms with Gasteiger partial charge in [0.05, 0.1) is 15.7 Å². The Morgan fingerprint density at radius 1 is 1.10 bits per heavy atom. The van der Waals surface area contributed by atoms with Gasteiger partial charge in [-0.05, 0) is 29.2 Å². The normalized spacial score (nSPS) is 10.9. The first-order valence-corrected chi connectivity index (χ1v) is 7.50. The number of rotatable bonds is 4. The second-order valence-corrected chi connectivity index (χ2v) is 6.16. The first-order valence-electron chi connectivity index (χ1n) is 6.75. The van der Waals surface area contributed by atoms with Crippen LogP contribution in [0.5, 0.6) is 0 Å². The van der Waals surface area contributed by atoms with E-state index in [1.807, 2.05) is 12.1 Å². The predicted octanol–water partition coefficient (Wildman–Crippen LogP) is 5.12. The molecule has 0 aliphatic carbocycles. The van der Waals surface area contributed by atoms with Gasteiger partial charge in [-0.15, -0.1) is 0 Å². The van der Waals surface area contributed by atoms with Crippen LogP contribution in [0.4, 0.5) is 5.69 Å². The summed E-state index contributed by atoms with van der Waals surface area (Å²) in [5.74, 6) is 0.445. The first kappa shape index (κ1) is 15.9. The summed E-state index contributed by atoms with van der Waals surface area (Å²) in [4.78, 5) is 12.3. The van der Waals surface area contributed by atoms with Crippen LogP contribution in [0.3, 0.4) is 0 Å². The van der Waals surface area contributed by atoms with Gasteiger partial charge in [-0.2, -0.15) is 0 Å². The van der Waals surface area contributed by atoms with Gasteiger partial charge in [-0.25, -0.2) is 0 Å². The number of ketones is 1.